The molecule has 0 fully saturated rings. The molecule has 1 aromatic rings. The summed E-state index contributed by atoms with van der Waals surface area (Å²) in [7, 11) is 0. The van der Waals surface area contributed by atoms with Crippen molar-refractivity contribution in [3.8, 4) is 0 Å². The Bertz CT molecular complexity index is 422. The average Bonchev–Trinajstić information content (AvgIpc) is 2.22. The van der Waals surface area contributed by atoms with Gasteiger partial charge in [0.15, 0.2) is 0 Å². The third kappa shape index (κ3) is 2.13. The molecule has 16 heavy (non-hydrogen) atoms. The van der Waals surface area contributed by atoms with Gasteiger partial charge in [-0.05, 0) is 36.1 Å². The van der Waals surface area contributed by atoms with Crippen molar-refractivity contribution in [2.75, 3.05) is 0 Å². The number of hydrogen-bond donors (Lipinski definition) is 3. The Morgan fingerprint density at radius 3 is 2.94 bits per heavy atom. The number of benzene rings is 1. The van der Waals surface area contributed by atoms with Crippen molar-refractivity contribution in [3.63, 3.8) is 0 Å². The molecule has 0 unspecified atom stereocenters. The van der Waals surface area contributed by atoms with E-state index in [1.807, 2.05) is 6.07 Å². The maximum Gasteiger partial charge on any atom is 0.404 e. The highest BCUT2D eigenvalue weighted by Gasteiger charge is 2.29. The summed E-state index contributed by atoms with van der Waals surface area (Å²) in [5, 5.41) is 21.5. The molecule has 2 atom stereocenters. The Labute approximate surface area is 97.9 Å². The van der Waals surface area contributed by atoms with Crippen LogP contribution < -0.4 is 5.32 Å². The van der Waals surface area contributed by atoms with Crippen LogP contribution in [0.3, 0.4) is 0 Å². The fourth-order valence-corrected chi connectivity index (χ4v) is 2.24. The lowest BCUT2D eigenvalue weighted by molar-refractivity contribution is 0.109. The highest BCUT2D eigenvalue weighted by atomic mass is 35.5. The molecule has 1 amide bonds. The van der Waals surface area contributed by atoms with Crippen molar-refractivity contribution in [2.45, 2.75) is 25.0 Å². The highest BCUT2D eigenvalue weighted by molar-refractivity contribution is 6.30. The SMILES string of the molecule is O=C(O)N[C@@H]1CCc2ccc(Cl)cc2[C@H]1O. The summed E-state index contributed by atoms with van der Waals surface area (Å²) in [6, 6.07) is 4.89. The number of aliphatic hydroxyl groups excluding tert-OH is 1. The zero-order valence-electron chi connectivity index (χ0n) is 8.48. The van der Waals surface area contributed by atoms with E-state index in [9.17, 15) is 9.90 Å². The lowest BCUT2D eigenvalue weighted by atomic mass is 9.86. The van der Waals surface area contributed by atoms with Crippen molar-refractivity contribution in [3.05, 3.63) is 34.3 Å². The topological polar surface area (TPSA) is 69.6 Å². The van der Waals surface area contributed by atoms with E-state index in [0.29, 0.717) is 11.4 Å². The first-order valence-corrected chi connectivity index (χ1v) is 5.41. The molecule has 5 heteroatoms. The van der Waals surface area contributed by atoms with E-state index in [-0.39, 0.29) is 0 Å². The third-order valence-corrected chi connectivity index (χ3v) is 3.08. The molecule has 1 aliphatic carbocycles. The molecule has 0 aromatic heterocycles. The third-order valence-electron chi connectivity index (χ3n) is 2.84. The largest absolute Gasteiger partial charge is 0.465 e. The number of fused-ring (bicyclic) bond motifs is 1. The normalized spacial score (nSPS) is 23.6. The molecule has 1 aliphatic rings. The van der Waals surface area contributed by atoms with Gasteiger partial charge in [0.05, 0.1) is 12.1 Å². The van der Waals surface area contributed by atoms with Gasteiger partial charge in [0.2, 0.25) is 0 Å². The Morgan fingerprint density at radius 1 is 1.50 bits per heavy atom. The van der Waals surface area contributed by atoms with Gasteiger partial charge in [-0.25, -0.2) is 4.79 Å². The van der Waals surface area contributed by atoms with Gasteiger partial charge < -0.3 is 15.5 Å². The Morgan fingerprint density at radius 2 is 2.25 bits per heavy atom. The Balaban J connectivity index is 2.26. The molecular formula is C11H12ClNO3. The number of hydrogen-bond acceptors (Lipinski definition) is 2. The lowest BCUT2D eigenvalue weighted by Gasteiger charge is -2.29. The summed E-state index contributed by atoms with van der Waals surface area (Å²) in [4.78, 5) is 10.5. The maximum absolute atomic E-state index is 10.5. The Hall–Kier alpha value is -1.26. The highest BCUT2D eigenvalue weighted by Crippen LogP contribution is 2.31. The van der Waals surface area contributed by atoms with E-state index >= 15 is 0 Å². The van der Waals surface area contributed by atoms with Crippen molar-refractivity contribution in [1.82, 2.24) is 5.32 Å². The van der Waals surface area contributed by atoms with Crippen molar-refractivity contribution >= 4 is 17.7 Å². The maximum atomic E-state index is 10.5. The van der Waals surface area contributed by atoms with E-state index in [1.165, 1.54) is 0 Å². The predicted molar refractivity (Wildman–Crippen MR) is 59.7 cm³/mol. The molecule has 0 spiro atoms. The van der Waals surface area contributed by atoms with E-state index in [1.54, 1.807) is 12.1 Å². The minimum atomic E-state index is -1.12. The second-order valence-electron chi connectivity index (χ2n) is 3.88. The van der Waals surface area contributed by atoms with E-state index in [0.717, 1.165) is 17.5 Å². The summed E-state index contributed by atoms with van der Waals surface area (Å²) < 4.78 is 0. The molecule has 2 rings (SSSR count). The smallest absolute Gasteiger partial charge is 0.404 e. The molecule has 0 saturated heterocycles. The van der Waals surface area contributed by atoms with Crippen LogP contribution in [-0.4, -0.2) is 22.3 Å². The van der Waals surface area contributed by atoms with Gasteiger partial charge in [-0.2, -0.15) is 0 Å². The summed E-state index contributed by atoms with van der Waals surface area (Å²) in [5.41, 5.74) is 1.75. The van der Waals surface area contributed by atoms with Crippen LogP contribution >= 0.6 is 11.6 Å². The number of aliphatic hydroxyl groups is 1. The predicted octanol–water partition coefficient (Wildman–Crippen LogP) is 1.96. The zero-order chi connectivity index (χ0) is 11.7. The average molecular weight is 242 g/mol. The van der Waals surface area contributed by atoms with Gasteiger partial charge in [-0.1, -0.05) is 17.7 Å². The number of rotatable bonds is 1. The monoisotopic (exact) mass is 241 g/mol. The number of aryl methyl sites for hydroxylation is 1. The molecule has 0 saturated carbocycles. The Kier molecular flexibility index (Phi) is 3.03. The summed E-state index contributed by atoms with van der Waals surface area (Å²) in [5.74, 6) is 0. The van der Waals surface area contributed by atoms with Gasteiger partial charge in [0, 0.05) is 5.02 Å². The number of carbonyl (C=O) groups is 1. The van der Waals surface area contributed by atoms with Crippen molar-refractivity contribution in [1.29, 1.82) is 0 Å². The number of amides is 1. The first kappa shape index (κ1) is 11.2. The minimum Gasteiger partial charge on any atom is -0.465 e. The van der Waals surface area contributed by atoms with Crippen LogP contribution in [0.5, 0.6) is 0 Å². The fraction of sp³-hybridized carbons (Fsp3) is 0.364. The van der Waals surface area contributed by atoms with Crippen LogP contribution in [0, 0.1) is 0 Å². The molecule has 0 heterocycles. The van der Waals surface area contributed by atoms with Gasteiger partial charge in [-0.15, -0.1) is 0 Å². The van der Waals surface area contributed by atoms with Crippen LogP contribution in [-0.2, 0) is 6.42 Å². The van der Waals surface area contributed by atoms with Gasteiger partial charge in [-0.3, -0.25) is 0 Å². The molecule has 0 bridgehead atoms. The standard InChI is InChI=1S/C11H12ClNO3/c12-7-3-1-6-2-4-9(13-11(15)16)10(14)8(6)5-7/h1,3,5,9-10,13-14H,2,4H2,(H,15,16)/t9-,10-/m1/s1. The van der Waals surface area contributed by atoms with E-state index in [4.69, 9.17) is 16.7 Å². The second-order valence-corrected chi connectivity index (χ2v) is 4.32. The number of carboxylic acid groups (broad SMARTS) is 1. The molecular weight excluding hydrogens is 230 g/mol. The summed E-state index contributed by atoms with van der Waals surface area (Å²) in [6.07, 6.45) is -0.593. The minimum absolute atomic E-state index is 0.455. The van der Waals surface area contributed by atoms with E-state index in [2.05, 4.69) is 5.32 Å². The van der Waals surface area contributed by atoms with Crippen LogP contribution in [0.2, 0.25) is 5.02 Å². The summed E-state index contributed by atoms with van der Waals surface area (Å²) >= 11 is 5.85. The van der Waals surface area contributed by atoms with Crippen LogP contribution in [0.15, 0.2) is 18.2 Å². The van der Waals surface area contributed by atoms with Crippen LogP contribution in [0.4, 0.5) is 4.79 Å². The van der Waals surface area contributed by atoms with Gasteiger partial charge in [0.25, 0.3) is 0 Å². The first-order valence-electron chi connectivity index (χ1n) is 5.04. The zero-order valence-corrected chi connectivity index (χ0v) is 9.24. The second kappa shape index (κ2) is 4.31. The number of nitrogens with one attached hydrogen (secondary N) is 1. The summed E-state index contributed by atoms with van der Waals surface area (Å²) in [6.45, 7) is 0. The fourth-order valence-electron chi connectivity index (χ4n) is 2.06. The molecule has 1 aromatic carbocycles. The molecule has 86 valence electrons. The lowest BCUT2D eigenvalue weighted by Crippen LogP contribution is -2.41. The van der Waals surface area contributed by atoms with Crippen molar-refractivity contribution < 1.29 is 15.0 Å². The van der Waals surface area contributed by atoms with Gasteiger partial charge in [0.1, 0.15) is 0 Å². The molecule has 0 radical (unpaired) electrons. The molecule has 4 nitrogen and oxygen atoms in total. The van der Waals surface area contributed by atoms with E-state index < -0.39 is 18.2 Å². The van der Waals surface area contributed by atoms with Crippen LogP contribution in [0.25, 0.3) is 0 Å². The quantitative estimate of drug-likeness (QED) is 0.704. The molecule has 0 aliphatic heterocycles. The molecule has 3 N–H and O–H groups in total. The van der Waals surface area contributed by atoms with Gasteiger partial charge >= 0.3 is 6.09 Å². The number of halogens is 1. The first-order chi connectivity index (χ1) is 7.58. The van der Waals surface area contributed by atoms with Crippen LogP contribution in [0.1, 0.15) is 23.7 Å². The van der Waals surface area contributed by atoms with Crippen molar-refractivity contribution in [2.24, 2.45) is 0 Å².